The van der Waals surface area contributed by atoms with Crippen molar-refractivity contribution in [3.63, 3.8) is 0 Å². The second-order valence-electron chi connectivity index (χ2n) is 9.25. The summed E-state index contributed by atoms with van der Waals surface area (Å²) in [6, 6.07) is 16.0. The molecule has 192 valence electrons. The number of aryl methyl sites for hydroxylation is 1. The monoisotopic (exact) mass is 524 g/mol. The maximum Gasteiger partial charge on any atom is 0.173 e. The van der Waals surface area contributed by atoms with Crippen molar-refractivity contribution in [2.75, 3.05) is 14.2 Å². The van der Waals surface area contributed by atoms with E-state index in [0.29, 0.717) is 16.7 Å². The van der Waals surface area contributed by atoms with Gasteiger partial charge in [0.25, 0.3) is 0 Å². The van der Waals surface area contributed by atoms with Crippen LogP contribution in [0.25, 0.3) is 5.69 Å². The van der Waals surface area contributed by atoms with Crippen molar-refractivity contribution < 1.29 is 22.6 Å². The SMILES string of the molecule is COc1ccc(C2(C)CCCc3nc(SCc4c(F)cccc4F)n(-c4ccc(F)cc4)c32)cc1OC. The van der Waals surface area contributed by atoms with Gasteiger partial charge in [-0.15, -0.1) is 0 Å². The summed E-state index contributed by atoms with van der Waals surface area (Å²) < 4.78 is 55.6. The number of halogens is 3. The van der Waals surface area contributed by atoms with Gasteiger partial charge in [-0.1, -0.05) is 23.9 Å². The lowest BCUT2D eigenvalue weighted by Crippen LogP contribution is -2.31. The molecule has 1 heterocycles. The van der Waals surface area contributed by atoms with Gasteiger partial charge in [0, 0.05) is 22.4 Å². The van der Waals surface area contributed by atoms with Crippen LogP contribution in [-0.4, -0.2) is 23.8 Å². The van der Waals surface area contributed by atoms with Gasteiger partial charge in [-0.2, -0.15) is 0 Å². The predicted octanol–water partition coefficient (Wildman–Crippen LogP) is 7.24. The van der Waals surface area contributed by atoms with E-state index in [1.54, 1.807) is 26.4 Å². The molecule has 0 aliphatic heterocycles. The molecule has 3 aromatic carbocycles. The molecule has 1 aromatic heterocycles. The third-order valence-electron chi connectivity index (χ3n) is 7.04. The third-order valence-corrected chi connectivity index (χ3v) is 8.01. The minimum atomic E-state index is -0.590. The molecular weight excluding hydrogens is 497 g/mol. The summed E-state index contributed by atoms with van der Waals surface area (Å²) in [4.78, 5) is 4.95. The van der Waals surface area contributed by atoms with Gasteiger partial charge in [0.05, 0.1) is 25.6 Å². The highest BCUT2D eigenvalue weighted by atomic mass is 32.2. The smallest absolute Gasteiger partial charge is 0.173 e. The molecule has 1 aliphatic rings. The van der Waals surface area contributed by atoms with Gasteiger partial charge in [-0.3, -0.25) is 4.57 Å². The Morgan fingerprint density at radius 1 is 0.946 bits per heavy atom. The zero-order valence-electron chi connectivity index (χ0n) is 20.9. The van der Waals surface area contributed by atoms with Crippen LogP contribution in [0.4, 0.5) is 13.2 Å². The van der Waals surface area contributed by atoms with Crippen LogP contribution in [0.3, 0.4) is 0 Å². The molecular formula is C29H27F3N2O2S. The molecule has 0 saturated heterocycles. The molecule has 4 nitrogen and oxygen atoms in total. The highest BCUT2D eigenvalue weighted by Crippen LogP contribution is 2.47. The summed E-state index contributed by atoms with van der Waals surface area (Å²) in [5.74, 6) is -0.183. The van der Waals surface area contributed by atoms with Crippen molar-refractivity contribution >= 4 is 11.8 Å². The van der Waals surface area contributed by atoms with Crippen LogP contribution in [0.1, 0.15) is 42.3 Å². The summed E-state index contributed by atoms with van der Waals surface area (Å²) >= 11 is 1.26. The minimum Gasteiger partial charge on any atom is -0.493 e. The topological polar surface area (TPSA) is 36.3 Å². The number of hydrogen-bond acceptors (Lipinski definition) is 4. The number of benzene rings is 3. The van der Waals surface area contributed by atoms with Gasteiger partial charge >= 0.3 is 0 Å². The van der Waals surface area contributed by atoms with Crippen LogP contribution in [0, 0.1) is 17.5 Å². The maximum atomic E-state index is 14.4. The minimum absolute atomic E-state index is 0.00165. The van der Waals surface area contributed by atoms with Crippen LogP contribution < -0.4 is 9.47 Å². The first kappa shape index (κ1) is 25.3. The summed E-state index contributed by atoms with van der Waals surface area (Å²) in [6.45, 7) is 2.17. The van der Waals surface area contributed by atoms with Crippen LogP contribution in [-0.2, 0) is 17.6 Å². The number of imidazole rings is 1. The molecule has 0 saturated carbocycles. The van der Waals surface area contributed by atoms with E-state index < -0.39 is 17.0 Å². The number of aromatic nitrogens is 2. The Kier molecular flexibility index (Phi) is 6.94. The van der Waals surface area contributed by atoms with Crippen molar-refractivity contribution in [1.82, 2.24) is 9.55 Å². The van der Waals surface area contributed by atoms with E-state index in [1.165, 1.54) is 42.1 Å². The fraction of sp³-hybridized carbons (Fsp3) is 0.276. The van der Waals surface area contributed by atoms with E-state index in [0.717, 1.165) is 41.9 Å². The average molecular weight is 525 g/mol. The van der Waals surface area contributed by atoms with Crippen molar-refractivity contribution in [1.29, 1.82) is 0 Å². The van der Waals surface area contributed by atoms with Gasteiger partial charge in [0.1, 0.15) is 17.5 Å². The summed E-state index contributed by atoms with van der Waals surface area (Å²) in [5, 5.41) is 0.605. The number of rotatable bonds is 7. The van der Waals surface area contributed by atoms with E-state index in [9.17, 15) is 13.2 Å². The zero-order valence-corrected chi connectivity index (χ0v) is 21.7. The van der Waals surface area contributed by atoms with E-state index in [1.807, 2.05) is 22.8 Å². The van der Waals surface area contributed by atoms with Gasteiger partial charge in [-0.05, 0) is 80.3 Å². The lowest BCUT2D eigenvalue weighted by molar-refractivity contribution is 0.352. The van der Waals surface area contributed by atoms with E-state index >= 15 is 0 Å². The molecule has 0 amide bonds. The van der Waals surface area contributed by atoms with Gasteiger partial charge < -0.3 is 9.47 Å². The summed E-state index contributed by atoms with van der Waals surface area (Å²) in [5.41, 5.74) is 3.22. The molecule has 1 atom stereocenters. The number of methoxy groups -OCH3 is 2. The molecule has 0 bridgehead atoms. The Morgan fingerprint density at radius 3 is 2.32 bits per heavy atom. The predicted molar refractivity (Wildman–Crippen MR) is 138 cm³/mol. The zero-order chi connectivity index (χ0) is 26.2. The largest absolute Gasteiger partial charge is 0.493 e. The van der Waals surface area contributed by atoms with E-state index in [-0.39, 0.29) is 17.1 Å². The molecule has 1 unspecified atom stereocenters. The summed E-state index contributed by atoms with van der Waals surface area (Å²) in [7, 11) is 3.21. The summed E-state index contributed by atoms with van der Waals surface area (Å²) in [6.07, 6.45) is 2.55. The molecule has 8 heteroatoms. The van der Waals surface area contributed by atoms with Crippen molar-refractivity contribution in [3.05, 3.63) is 101 Å². The molecule has 0 radical (unpaired) electrons. The van der Waals surface area contributed by atoms with Crippen LogP contribution in [0.15, 0.2) is 65.8 Å². The first-order valence-electron chi connectivity index (χ1n) is 12.0. The van der Waals surface area contributed by atoms with Crippen LogP contribution in [0.2, 0.25) is 0 Å². The first-order chi connectivity index (χ1) is 17.9. The van der Waals surface area contributed by atoms with Gasteiger partial charge in [0.15, 0.2) is 16.7 Å². The Labute approximate surface area is 218 Å². The standard InChI is InChI=1S/C29H27F3N2O2S/c1-29(18-9-14-25(35-2)26(16-18)36-3)15-5-8-24-27(29)34(20-12-10-19(30)11-13-20)28(33-24)37-17-21-22(31)6-4-7-23(21)32/h4,6-7,9-14,16H,5,8,15,17H2,1-3H3. The maximum absolute atomic E-state index is 14.4. The third kappa shape index (κ3) is 4.59. The molecule has 4 aromatic rings. The molecule has 0 N–H and O–H groups in total. The molecule has 0 spiro atoms. The fourth-order valence-corrected chi connectivity index (χ4v) is 6.15. The van der Waals surface area contributed by atoms with Gasteiger partial charge in [-0.25, -0.2) is 18.2 Å². The van der Waals surface area contributed by atoms with Crippen LogP contribution in [0.5, 0.6) is 11.5 Å². The Balaban J connectivity index is 1.66. The number of fused-ring (bicyclic) bond motifs is 1. The van der Waals surface area contributed by atoms with E-state index in [2.05, 4.69) is 6.92 Å². The van der Waals surface area contributed by atoms with Crippen molar-refractivity contribution in [2.45, 2.75) is 42.5 Å². The molecule has 37 heavy (non-hydrogen) atoms. The molecule has 1 aliphatic carbocycles. The van der Waals surface area contributed by atoms with Crippen molar-refractivity contribution in [3.8, 4) is 17.2 Å². The molecule has 5 rings (SSSR count). The quantitative estimate of drug-likeness (QED) is 0.239. The normalized spacial score (nSPS) is 16.9. The van der Waals surface area contributed by atoms with Crippen LogP contribution >= 0.6 is 11.8 Å². The Morgan fingerprint density at radius 2 is 1.65 bits per heavy atom. The average Bonchev–Trinajstić information content (AvgIpc) is 3.28. The highest BCUT2D eigenvalue weighted by Gasteiger charge is 2.40. The first-order valence-corrected chi connectivity index (χ1v) is 13.0. The van der Waals surface area contributed by atoms with E-state index in [4.69, 9.17) is 14.5 Å². The number of thioether (sulfide) groups is 1. The second kappa shape index (κ2) is 10.2. The Bertz CT molecular complexity index is 1420. The number of ether oxygens (including phenoxy) is 2. The second-order valence-corrected chi connectivity index (χ2v) is 10.2. The number of nitrogens with zero attached hydrogens (tertiary/aromatic N) is 2. The molecule has 0 fully saturated rings. The number of hydrogen-bond donors (Lipinski definition) is 0. The lowest BCUT2D eigenvalue weighted by Gasteiger charge is -2.36. The highest BCUT2D eigenvalue weighted by molar-refractivity contribution is 7.98. The van der Waals surface area contributed by atoms with Gasteiger partial charge in [0.2, 0.25) is 0 Å². The van der Waals surface area contributed by atoms with Crippen molar-refractivity contribution in [2.24, 2.45) is 0 Å². The Hall–Kier alpha value is -3.39. The lowest BCUT2D eigenvalue weighted by atomic mass is 9.71. The fourth-order valence-electron chi connectivity index (χ4n) is 5.10.